The van der Waals surface area contributed by atoms with Crippen molar-refractivity contribution in [3.8, 4) is 0 Å². The first-order valence-electron chi connectivity index (χ1n) is 6.77. The number of fused-ring (bicyclic) bond motifs is 1. The average molecular weight is 260 g/mol. The van der Waals surface area contributed by atoms with Gasteiger partial charge < -0.3 is 4.43 Å². The Hall–Kier alpha value is -1.02. The lowest BCUT2D eigenvalue weighted by molar-refractivity contribution is 0.369. The zero-order valence-corrected chi connectivity index (χ0v) is 13.2. The van der Waals surface area contributed by atoms with Crippen LogP contribution in [-0.4, -0.2) is 8.32 Å². The number of hydrogen-bond donors (Lipinski definition) is 0. The standard InChI is InChI=1S/C16H24OSi/c1-16(2,3)18(4,5)17-15-11-10-13-8-6-7-9-14(13)12-15/h6-9,12H,10-11H2,1-5H3. The van der Waals surface area contributed by atoms with E-state index in [9.17, 15) is 0 Å². The average Bonchev–Trinajstić information content (AvgIpc) is 2.27. The Kier molecular flexibility index (Phi) is 3.41. The number of benzene rings is 1. The van der Waals surface area contributed by atoms with E-state index in [4.69, 9.17) is 4.43 Å². The summed E-state index contributed by atoms with van der Waals surface area (Å²) in [5.41, 5.74) is 2.78. The molecule has 0 saturated carbocycles. The minimum atomic E-state index is -1.68. The summed E-state index contributed by atoms with van der Waals surface area (Å²) in [5.74, 6) is 1.18. The molecular weight excluding hydrogens is 236 g/mol. The van der Waals surface area contributed by atoms with Crippen LogP contribution in [0.2, 0.25) is 18.1 Å². The lowest BCUT2D eigenvalue weighted by atomic mass is 9.97. The molecule has 0 aliphatic heterocycles. The molecule has 0 amide bonds. The second kappa shape index (κ2) is 4.58. The summed E-state index contributed by atoms with van der Waals surface area (Å²) in [6.07, 6.45) is 4.39. The van der Waals surface area contributed by atoms with Gasteiger partial charge in [-0.25, -0.2) is 0 Å². The SMILES string of the molecule is CC(C)(C)[Si](C)(C)OC1=Cc2ccccc2CC1. The van der Waals surface area contributed by atoms with E-state index in [1.165, 1.54) is 16.9 Å². The van der Waals surface area contributed by atoms with Crippen molar-refractivity contribution in [3.05, 3.63) is 41.2 Å². The van der Waals surface area contributed by atoms with Gasteiger partial charge in [0.25, 0.3) is 0 Å². The van der Waals surface area contributed by atoms with Crippen LogP contribution in [0.15, 0.2) is 30.0 Å². The predicted octanol–water partition coefficient (Wildman–Crippen LogP) is 5.00. The van der Waals surface area contributed by atoms with Gasteiger partial charge in [-0.3, -0.25) is 0 Å². The van der Waals surface area contributed by atoms with Crippen LogP contribution in [0.1, 0.15) is 38.3 Å². The summed E-state index contributed by atoms with van der Waals surface area (Å²) in [6.45, 7) is 11.5. The van der Waals surface area contributed by atoms with Gasteiger partial charge in [0, 0.05) is 6.42 Å². The summed E-state index contributed by atoms with van der Waals surface area (Å²) in [5, 5.41) is 0.269. The highest BCUT2D eigenvalue weighted by Gasteiger charge is 2.39. The third-order valence-corrected chi connectivity index (χ3v) is 8.59. The van der Waals surface area contributed by atoms with E-state index in [2.05, 4.69) is 64.2 Å². The Balaban J connectivity index is 2.21. The van der Waals surface area contributed by atoms with Crippen molar-refractivity contribution in [3.63, 3.8) is 0 Å². The van der Waals surface area contributed by atoms with Crippen LogP contribution in [0.4, 0.5) is 0 Å². The monoisotopic (exact) mass is 260 g/mol. The first kappa shape index (κ1) is 13.4. The van der Waals surface area contributed by atoms with E-state index < -0.39 is 8.32 Å². The lowest BCUT2D eigenvalue weighted by Gasteiger charge is -2.38. The molecule has 0 aromatic heterocycles. The Bertz CT molecular complexity index is 466. The molecule has 1 aromatic rings. The molecule has 0 atom stereocenters. The fourth-order valence-electron chi connectivity index (χ4n) is 1.97. The van der Waals surface area contributed by atoms with E-state index >= 15 is 0 Å². The van der Waals surface area contributed by atoms with Gasteiger partial charge in [-0.1, -0.05) is 45.0 Å². The van der Waals surface area contributed by atoms with Crippen LogP contribution < -0.4 is 0 Å². The highest BCUT2D eigenvalue weighted by molar-refractivity contribution is 6.74. The van der Waals surface area contributed by atoms with Gasteiger partial charge in [-0.2, -0.15) is 0 Å². The second-order valence-corrected chi connectivity index (χ2v) is 11.4. The summed E-state index contributed by atoms with van der Waals surface area (Å²) in [6, 6.07) is 8.62. The molecule has 1 aliphatic carbocycles. The van der Waals surface area contributed by atoms with Gasteiger partial charge in [0.2, 0.25) is 8.32 Å². The lowest BCUT2D eigenvalue weighted by Crippen LogP contribution is -2.40. The Morgan fingerprint density at radius 1 is 1.06 bits per heavy atom. The van der Waals surface area contributed by atoms with Crippen LogP contribution in [0.3, 0.4) is 0 Å². The fourth-order valence-corrected chi connectivity index (χ4v) is 3.09. The minimum Gasteiger partial charge on any atom is -0.546 e. The second-order valence-electron chi connectivity index (χ2n) is 6.67. The van der Waals surface area contributed by atoms with E-state index in [-0.39, 0.29) is 5.04 Å². The molecular formula is C16H24OSi. The van der Waals surface area contributed by atoms with Gasteiger partial charge in [0.15, 0.2) is 0 Å². The molecule has 0 heterocycles. The van der Waals surface area contributed by atoms with Crippen LogP contribution in [-0.2, 0) is 10.8 Å². The summed E-state index contributed by atoms with van der Waals surface area (Å²) in [4.78, 5) is 0. The molecule has 0 N–H and O–H groups in total. The molecule has 1 nitrogen and oxygen atoms in total. The van der Waals surface area contributed by atoms with E-state index in [1.807, 2.05) is 0 Å². The predicted molar refractivity (Wildman–Crippen MR) is 81.0 cm³/mol. The highest BCUT2D eigenvalue weighted by atomic mass is 28.4. The number of rotatable bonds is 2. The number of hydrogen-bond acceptors (Lipinski definition) is 1. The Morgan fingerprint density at radius 3 is 2.39 bits per heavy atom. The fraction of sp³-hybridized carbons (Fsp3) is 0.500. The summed E-state index contributed by atoms with van der Waals surface area (Å²) < 4.78 is 6.40. The third-order valence-electron chi connectivity index (χ3n) is 4.20. The quantitative estimate of drug-likeness (QED) is 0.680. The highest BCUT2D eigenvalue weighted by Crippen LogP contribution is 2.39. The first-order chi connectivity index (χ1) is 8.29. The van der Waals surface area contributed by atoms with E-state index in [0.717, 1.165) is 12.8 Å². The Morgan fingerprint density at radius 2 is 1.72 bits per heavy atom. The third kappa shape index (κ3) is 2.69. The maximum atomic E-state index is 6.40. The molecule has 0 radical (unpaired) electrons. The van der Waals surface area contributed by atoms with Crippen LogP contribution >= 0.6 is 0 Å². The van der Waals surface area contributed by atoms with E-state index in [1.54, 1.807) is 0 Å². The smallest absolute Gasteiger partial charge is 0.250 e. The van der Waals surface area contributed by atoms with Crippen molar-refractivity contribution < 1.29 is 4.43 Å². The van der Waals surface area contributed by atoms with Crippen LogP contribution in [0.5, 0.6) is 0 Å². The minimum absolute atomic E-state index is 0.269. The van der Waals surface area contributed by atoms with Gasteiger partial charge in [0.05, 0.1) is 5.76 Å². The molecule has 0 fully saturated rings. The van der Waals surface area contributed by atoms with Crippen molar-refractivity contribution in [2.24, 2.45) is 0 Å². The molecule has 2 heteroatoms. The number of allylic oxidation sites excluding steroid dienone is 1. The molecule has 18 heavy (non-hydrogen) atoms. The van der Waals surface area contributed by atoms with Gasteiger partial charge in [-0.05, 0) is 41.8 Å². The summed E-state index contributed by atoms with van der Waals surface area (Å²) >= 11 is 0. The molecule has 0 spiro atoms. The molecule has 1 aromatic carbocycles. The van der Waals surface area contributed by atoms with E-state index in [0.29, 0.717) is 0 Å². The van der Waals surface area contributed by atoms with Crippen molar-refractivity contribution in [1.29, 1.82) is 0 Å². The van der Waals surface area contributed by atoms with Crippen molar-refractivity contribution in [1.82, 2.24) is 0 Å². The topological polar surface area (TPSA) is 9.23 Å². The molecule has 2 rings (SSSR count). The normalized spacial score (nSPS) is 15.9. The van der Waals surface area contributed by atoms with Crippen molar-refractivity contribution in [2.45, 2.75) is 51.7 Å². The molecule has 0 unspecified atom stereocenters. The zero-order chi connectivity index (χ0) is 13.4. The van der Waals surface area contributed by atoms with Gasteiger partial charge in [0.1, 0.15) is 0 Å². The number of aryl methyl sites for hydroxylation is 1. The van der Waals surface area contributed by atoms with Gasteiger partial charge >= 0.3 is 0 Å². The molecule has 1 aliphatic rings. The first-order valence-corrected chi connectivity index (χ1v) is 9.68. The maximum absolute atomic E-state index is 6.40. The van der Waals surface area contributed by atoms with Gasteiger partial charge in [-0.15, -0.1) is 0 Å². The maximum Gasteiger partial charge on any atom is 0.250 e. The largest absolute Gasteiger partial charge is 0.546 e. The Labute approximate surface area is 112 Å². The summed E-state index contributed by atoms with van der Waals surface area (Å²) in [7, 11) is -1.68. The molecule has 0 saturated heterocycles. The van der Waals surface area contributed by atoms with Crippen LogP contribution in [0, 0.1) is 0 Å². The van der Waals surface area contributed by atoms with Crippen molar-refractivity contribution >= 4 is 14.4 Å². The van der Waals surface area contributed by atoms with Crippen molar-refractivity contribution in [2.75, 3.05) is 0 Å². The zero-order valence-electron chi connectivity index (χ0n) is 12.2. The molecule has 98 valence electrons. The molecule has 0 bridgehead atoms. The van der Waals surface area contributed by atoms with Crippen LogP contribution in [0.25, 0.3) is 6.08 Å².